The highest BCUT2D eigenvalue weighted by Crippen LogP contribution is 2.27. The molecule has 0 aliphatic rings. The molecule has 0 aliphatic carbocycles. The maximum atomic E-state index is 6.08. The van der Waals surface area contributed by atoms with Crippen molar-refractivity contribution in [2.24, 2.45) is 0 Å². The summed E-state index contributed by atoms with van der Waals surface area (Å²) in [6, 6.07) is 5.74. The summed E-state index contributed by atoms with van der Waals surface area (Å²) in [6.45, 7) is 4.74. The number of para-hydroxylation sites is 1. The third kappa shape index (κ3) is 2.41. The Morgan fingerprint density at radius 2 is 2.24 bits per heavy atom. The number of nitrogens with zero attached hydrogens (tertiary/aromatic N) is 2. The first kappa shape index (κ1) is 11.5. The zero-order valence-electron chi connectivity index (χ0n) is 10.2. The average Bonchev–Trinajstić information content (AvgIpc) is 2.74. The van der Waals surface area contributed by atoms with Crippen molar-refractivity contribution in [2.75, 3.05) is 12.3 Å². The summed E-state index contributed by atoms with van der Waals surface area (Å²) in [5.41, 5.74) is 8.66. The second-order valence-corrected chi connectivity index (χ2v) is 4.00. The van der Waals surface area contributed by atoms with Gasteiger partial charge in [0.25, 0.3) is 0 Å². The number of hydrogen-bond donors (Lipinski definition) is 1. The molecule has 1 heterocycles. The van der Waals surface area contributed by atoms with E-state index in [0.29, 0.717) is 12.3 Å². The Hall–Kier alpha value is -1.97. The first-order valence-electron chi connectivity index (χ1n) is 5.75. The monoisotopic (exact) mass is 231 g/mol. The lowest BCUT2D eigenvalue weighted by Gasteiger charge is -2.11. The topological polar surface area (TPSA) is 53.1 Å². The quantitative estimate of drug-likeness (QED) is 0.823. The molecule has 0 unspecified atom stereocenters. The zero-order chi connectivity index (χ0) is 12.3. The molecule has 0 aliphatic heterocycles. The van der Waals surface area contributed by atoms with Gasteiger partial charge in [-0.15, -0.1) is 0 Å². The van der Waals surface area contributed by atoms with Crippen LogP contribution in [0.1, 0.15) is 18.9 Å². The van der Waals surface area contributed by atoms with Gasteiger partial charge in [-0.25, -0.2) is 4.68 Å². The van der Waals surface area contributed by atoms with Gasteiger partial charge in [0.05, 0.1) is 18.5 Å². The minimum absolute atomic E-state index is 0.629. The van der Waals surface area contributed by atoms with Crippen LogP contribution < -0.4 is 10.5 Å². The second-order valence-electron chi connectivity index (χ2n) is 4.00. The molecule has 1 aromatic heterocycles. The van der Waals surface area contributed by atoms with E-state index < -0.39 is 0 Å². The highest BCUT2D eigenvalue weighted by Gasteiger charge is 2.08. The van der Waals surface area contributed by atoms with Crippen molar-refractivity contribution in [3.63, 3.8) is 0 Å². The fraction of sp³-hybridized carbons (Fsp3) is 0.308. The molecule has 0 fully saturated rings. The summed E-state index contributed by atoms with van der Waals surface area (Å²) in [5, 5.41) is 4.25. The van der Waals surface area contributed by atoms with Crippen LogP contribution in [0.4, 0.5) is 5.69 Å². The molecular formula is C13H17N3O. The van der Waals surface area contributed by atoms with Crippen LogP contribution >= 0.6 is 0 Å². The van der Waals surface area contributed by atoms with Crippen LogP contribution in [-0.4, -0.2) is 16.4 Å². The molecule has 2 aromatic rings. The van der Waals surface area contributed by atoms with Crippen molar-refractivity contribution < 1.29 is 4.74 Å². The van der Waals surface area contributed by atoms with Crippen LogP contribution in [0.25, 0.3) is 5.69 Å². The molecule has 0 bridgehead atoms. The van der Waals surface area contributed by atoms with Crippen molar-refractivity contribution >= 4 is 5.69 Å². The van der Waals surface area contributed by atoms with Gasteiger partial charge in [-0.05, 0) is 31.0 Å². The van der Waals surface area contributed by atoms with Gasteiger partial charge >= 0.3 is 0 Å². The lowest BCUT2D eigenvalue weighted by molar-refractivity contribution is 0.319. The van der Waals surface area contributed by atoms with E-state index in [4.69, 9.17) is 10.5 Å². The molecule has 0 saturated carbocycles. The van der Waals surface area contributed by atoms with Crippen molar-refractivity contribution in [2.45, 2.75) is 20.3 Å². The molecule has 2 rings (SSSR count). The normalized spacial score (nSPS) is 10.5. The molecule has 4 nitrogen and oxygen atoms in total. The summed E-state index contributed by atoms with van der Waals surface area (Å²) in [7, 11) is 0. The Kier molecular flexibility index (Phi) is 3.32. The number of benzene rings is 1. The summed E-state index contributed by atoms with van der Waals surface area (Å²) in [6.07, 6.45) is 4.71. The highest BCUT2D eigenvalue weighted by atomic mass is 16.5. The Labute approximate surface area is 101 Å². The molecule has 4 heteroatoms. The van der Waals surface area contributed by atoms with Crippen molar-refractivity contribution in [1.82, 2.24) is 9.78 Å². The minimum atomic E-state index is 0.629. The Balaban J connectivity index is 2.35. The first-order valence-corrected chi connectivity index (χ1v) is 5.75. The lowest BCUT2D eigenvalue weighted by atomic mass is 10.2. The van der Waals surface area contributed by atoms with Gasteiger partial charge in [0.2, 0.25) is 0 Å². The third-order valence-corrected chi connectivity index (χ3v) is 2.46. The van der Waals surface area contributed by atoms with Crippen LogP contribution in [0.3, 0.4) is 0 Å². The Morgan fingerprint density at radius 3 is 2.88 bits per heavy atom. The van der Waals surface area contributed by atoms with Gasteiger partial charge in [-0.1, -0.05) is 13.0 Å². The molecular weight excluding hydrogens is 214 g/mol. The summed E-state index contributed by atoms with van der Waals surface area (Å²) in [4.78, 5) is 0. The predicted octanol–water partition coefficient (Wildman–Crippen LogP) is 2.55. The van der Waals surface area contributed by atoms with Crippen LogP contribution in [-0.2, 0) is 0 Å². The maximum absolute atomic E-state index is 6.08. The first-order chi connectivity index (χ1) is 8.22. The number of rotatable bonds is 4. The van der Waals surface area contributed by atoms with E-state index >= 15 is 0 Å². The molecule has 0 radical (unpaired) electrons. The SMILES string of the molecule is CCCOc1cccc(-n2cc(C)cn2)c1N. The third-order valence-electron chi connectivity index (χ3n) is 2.46. The highest BCUT2D eigenvalue weighted by molar-refractivity contribution is 5.66. The Morgan fingerprint density at radius 1 is 1.41 bits per heavy atom. The largest absolute Gasteiger partial charge is 0.491 e. The molecule has 2 N–H and O–H groups in total. The number of aromatic nitrogens is 2. The summed E-state index contributed by atoms with van der Waals surface area (Å²) >= 11 is 0. The molecule has 90 valence electrons. The molecule has 1 aromatic carbocycles. The second kappa shape index (κ2) is 4.91. The lowest BCUT2D eigenvalue weighted by Crippen LogP contribution is -2.04. The van der Waals surface area contributed by atoms with Crippen LogP contribution in [0.5, 0.6) is 5.75 Å². The number of nitrogens with two attached hydrogens (primary N) is 1. The number of hydrogen-bond acceptors (Lipinski definition) is 3. The minimum Gasteiger partial charge on any atom is -0.491 e. The fourth-order valence-corrected chi connectivity index (χ4v) is 1.61. The molecule has 0 amide bonds. The van der Waals surface area contributed by atoms with Gasteiger partial charge in [0.15, 0.2) is 0 Å². The van der Waals surface area contributed by atoms with Gasteiger partial charge in [-0.2, -0.15) is 5.10 Å². The Bertz CT molecular complexity index is 505. The summed E-state index contributed by atoms with van der Waals surface area (Å²) < 4.78 is 7.36. The van der Waals surface area contributed by atoms with E-state index in [-0.39, 0.29) is 0 Å². The van der Waals surface area contributed by atoms with E-state index in [1.54, 1.807) is 10.9 Å². The van der Waals surface area contributed by atoms with Gasteiger partial charge in [-0.3, -0.25) is 0 Å². The summed E-state index contributed by atoms with van der Waals surface area (Å²) in [5.74, 6) is 0.720. The number of anilines is 1. The van der Waals surface area contributed by atoms with Gasteiger partial charge in [0.1, 0.15) is 11.4 Å². The number of aryl methyl sites for hydroxylation is 1. The molecule has 0 spiro atoms. The number of nitrogen functional groups attached to an aromatic ring is 1. The standard InChI is InChI=1S/C13H17N3O/c1-3-7-17-12-6-4-5-11(13(12)14)16-9-10(2)8-15-16/h4-6,8-9H,3,7,14H2,1-2H3. The smallest absolute Gasteiger partial charge is 0.144 e. The van der Waals surface area contributed by atoms with Gasteiger partial charge in [0, 0.05) is 6.20 Å². The number of ether oxygens (including phenoxy) is 1. The van der Waals surface area contributed by atoms with Crippen LogP contribution in [0.15, 0.2) is 30.6 Å². The van der Waals surface area contributed by atoms with E-state index in [1.807, 2.05) is 31.3 Å². The molecule has 0 saturated heterocycles. The maximum Gasteiger partial charge on any atom is 0.144 e. The average molecular weight is 231 g/mol. The van der Waals surface area contributed by atoms with Crippen LogP contribution in [0.2, 0.25) is 0 Å². The van der Waals surface area contributed by atoms with Gasteiger partial charge < -0.3 is 10.5 Å². The molecule has 0 atom stereocenters. The van der Waals surface area contributed by atoms with E-state index in [1.165, 1.54) is 0 Å². The molecule has 17 heavy (non-hydrogen) atoms. The van der Waals surface area contributed by atoms with E-state index in [2.05, 4.69) is 12.0 Å². The van der Waals surface area contributed by atoms with Crippen LogP contribution in [0, 0.1) is 6.92 Å². The predicted molar refractivity (Wildman–Crippen MR) is 68.5 cm³/mol. The van der Waals surface area contributed by atoms with Crippen molar-refractivity contribution in [1.29, 1.82) is 0 Å². The van der Waals surface area contributed by atoms with E-state index in [0.717, 1.165) is 23.4 Å². The van der Waals surface area contributed by atoms with Crippen molar-refractivity contribution in [3.05, 3.63) is 36.2 Å². The van der Waals surface area contributed by atoms with E-state index in [9.17, 15) is 0 Å². The zero-order valence-corrected chi connectivity index (χ0v) is 10.2. The van der Waals surface area contributed by atoms with Crippen molar-refractivity contribution in [3.8, 4) is 11.4 Å². The fourth-order valence-electron chi connectivity index (χ4n) is 1.61.